The topological polar surface area (TPSA) is 109 Å². The summed E-state index contributed by atoms with van der Waals surface area (Å²) in [6, 6.07) is 9.67. The minimum Gasteiger partial charge on any atom is -0.405 e. The summed E-state index contributed by atoms with van der Waals surface area (Å²) in [5, 5.41) is 5.99. The second-order valence-electron chi connectivity index (χ2n) is 15.4. The van der Waals surface area contributed by atoms with E-state index in [1.54, 1.807) is 42.4 Å². The van der Waals surface area contributed by atoms with Crippen molar-refractivity contribution >= 4 is 34.0 Å². The molecule has 10 nitrogen and oxygen atoms in total. The van der Waals surface area contributed by atoms with Gasteiger partial charge in [-0.1, -0.05) is 25.0 Å². The Bertz CT molecular complexity index is 2170. The van der Waals surface area contributed by atoms with E-state index in [2.05, 4.69) is 25.3 Å². The number of aryl methyl sites for hydroxylation is 1. The second-order valence-corrected chi connectivity index (χ2v) is 15.4. The third-order valence-electron chi connectivity index (χ3n) is 11.5. The number of carbonyl (C=O) groups excluding carboxylic acids is 2. The Morgan fingerprint density at radius 3 is 2.23 bits per heavy atom. The van der Waals surface area contributed by atoms with E-state index >= 15 is 0 Å². The maximum absolute atomic E-state index is 14.2. The zero-order chi connectivity index (χ0) is 40.5. The molecule has 5 heterocycles. The van der Waals surface area contributed by atoms with Crippen LogP contribution in [0.15, 0.2) is 65.8 Å². The summed E-state index contributed by atoms with van der Waals surface area (Å²) in [5.41, 5.74) is 0.718. The average Bonchev–Trinajstić information content (AvgIpc) is 3.17. The molecule has 0 saturated carbocycles. The Kier molecular flexibility index (Phi) is 11.5. The number of anilines is 2. The van der Waals surface area contributed by atoms with Crippen molar-refractivity contribution in [1.82, 2.24) is 19.8 Å². The summed E-state index contributed by atoms with van der Waals surface area (Å²) in [7, 11) is 1.58. The molecular formula is C41H44F6N6O4. The molecule has 2 aromatic carbocycles. The molecule has 3 fully saturated rings. The summed E-state index contributed by atoms with van der Waals surface area (Å²) in [4.78, 5) is 44.2. The summed E-state index contributed by atoms with van der Waals surface area (Å²) in [6.07, 6.45) is 0.630. The first-order chi connectivity index (χ1) is 27.1. The molecule has 3 saturated heterocycles. The van der Waals surface area contributed by atoms with E-state index in [1.807, 2.05) is 0 Å². The van der Waals surface area contributed by atoms with Gasteiger partial charge in [0.2, 0.25) is 11.8 Å². The number of rotatable bonds is 10. The van der Waals surface area contributed by atoms with Crippen molar-refractivity contribution in [2.45, 2.75) is 76.5 Å². The van der Waals surface area contributed by atoms with Crippen molar-refractivity contribution in [1.29, 1.82) is 0 Å². The van der Waals surface area contributed by atoms with E-state index < -0.39 is 36.0 Å². The van der Waals surface area contributed by atoms with Crippen molar-refractivity contribution in [3.63, 3.8) is 0 Å². The molecule has 4 aromatic rings. The molecule has 2 N–H and O–H groups in total. The number of carbonyl (C=O) groups is 2. The minimum absolute atomic E-state index is 0.110. The molecule has 16 heteroatoms. The van der Waals surface area contributed by atoms with E-state index in [9.17, 15) is 40.7 Å². The van der Waals surface area contributed by atoms with Crippen molar-refractivity contribution < 1.29 is 40.7 Å². The summed E-state index contributed by atoms with van der Waals surface area (Å²) < 4.78 is 89.5. The number of fused-ring (bicyclic) bond motifs is 1. The van der Waals surface area contributed by atoms with Crippen molar-refractivity contribution in [2.24, 2.45) is 18.9 Å². The van der Waals surface area contributed by atoms with E-state index in [-0.39, 0.29) is 42.1 Å². The van der Waals surface area contributed by atoms with Gasteiger partial charge in [0.25, 0.3) is 5.56 Å². The van der Waals surface area contributed by atoms with Gasteiger partial charge in [-0.3, -0.25) is 29.6 Å². The molecule has 2 aromatic heterocycles. The van der Waals surface area contributed by atoms with Crippen molar-refractivity contribution in [3.8, 4) is 16.9 Å². The summed E-state index contributed by atoms with van der Waals surface area (Å²) >= 11 is 0. The zero-order valence-corrected chi connectivity index (χ0v) is 31.4. The van der Waals surface area contributed by atoms with Crippen molar-refractivity contribution in [2.75, 3.05) is 36.4 Å². The molecule has 0 aliphatic carbocycles. The van der Waals surface area contributed by atoms with Crippen LogP contribution in [0.2, 0.25) is 0 Å². The van der Waals surface area contributed by atoms with Crippen LogP contribution in [0.1, 0.15) is 62.5 Å². The van der Waals surface area contributed by atoms with Crippen LogP contribution in [0.5, 0.6) is 5.75 Å². The Balaban J connectivity index is 0.922. The number of likely N-dealkylation sites (tertiary alicyclic amines) is 1. The van der Waals surface area contributed by atoms with Crippen LogP contribution in [-0.4, -0.2) is 64.8 Å². The second kappa shape index (κ2) is 16.4. The van der Waals surface area contributed by atoms with Crippen LogP contribution in [0.3, 0.4) is 0 Å². The number of piperidine rings is 3. The molecule has 3 aliphatic rings. The van der Waals surface area contributed by atoms with Gasteiger partial charge in [-0.15, -0.1) is 13.2 Å². The zero-order valence-electron chi connectivity index (χ0n) is 31.4. The van der Waals surface area contributed by atoms with Gasteiger partial charge in [-0.2, -0.15) is 13.2 Å². The number of amides is 2. The lowest BCUT2D eigenvalue weighted by Crippen LogP contribution is -2.47. The lowest BCUT2D eigenvalue weighted by Gasteiger charge is -2.36. The van der Waals surface area contributed by atoms with Gasteiger partial charge in [0.05, 0.1) is 10.9 Å². The van der Waals surface area contributed by atoms with Gasteiger partial charge in [-0.05, 0) is 98.3 Å². The first-order valence-corrected chi connectivity index (χ1v) is 19.2. The molecule has 1 atom stereocenters. The number of nitrogens with zero attached hydrogens (tertiary/aromatic N) is 4. The minimum atomic E-state index is -4.89. The van der Waals surface area contributed by atoms with Crippen LogP contribution < -0.4 is 25.8 Å². The smallest absolute Gasteiger partial charge is 0.405 e. The van der Waals surface area contributed by atoms with Gasteiger partial charge in [0, 0.05) is 74.2 Å². The normalized spacial score (nSPS) is 19.2. The Labute approximate surface area is 325 Å². The monoisotopic (exact) mass is 798 g/mol. The highest BCUT2D eigenvalue weighted by atomic mass is 19.4. The highest BCUT2D eigenvalue weighted by Gasteiger charge is 2.37. The van der Waals surface area contributed by atoms with E-state index in [4.69, 9.17) is 0 Å². The first-order valence-electron chi connectivity index (χ1n) is 19.2. The van der Waals surface area contributed by atoms with Gasteiger partial charge in [0.15, 0.2) is 0 Å². The van der Waals surface area contributed by atoms with Gasteiger partial charge >= 0.3 is 12.5 Å². The summed E-state index contributed by atoms with van der Waals surface area (Å²) in [6.45, 7) is 2.68. The number of alkyl halides is 6. The van der Waals surface area contributed by atoms with E-state index in [1.165, 1.54) is 29.1 Å². The lowest BCUT2D eigenvalue weighted by molar-refractivity contribution is -0.275. The molecule has 2 amide bonds. The average molecular weight is 799 g/mol. The molecule has 1 unspecified atom stereocenters. The van der Waals surface area contributed by atoms with E-state index in [0.717, 1.165) is 44.6 Å². The van der Waals surface area contributed by atoms with Gasteiger partial charge in [-0.25, -0.2) is 0 Å². The molecule has 0 radical (unpaired) electrons. The maximum Gasteiger partial charge on any atom is 0.573 e. The highest BCUT2D eigenvalue weighted by Crippen LogP contribution is 2.41. The molecule has 3 aliphatic heterocycles. The lowest BCUT2D eigenvalue weighted by atomic mass is 9.85. The molecule has 0 spiro atoms. The fourth-order valence-corrected chi connectivity index (χ4v) is 8.38. The molecule has 7 rings (SSSR count). The predicted octanol–water partition coefficient (Wildman–Crippen LogP) is 7.64. The highest BCUT2D eigenvalue weighted by molar-refractivity contribution is 6.01. The number of hydrogen-bond donors (Lipinski definition) is 2. The van der Waals surface area contributed by atoms with Crippen LogP contribution in [0.4, 0.5) is 37.7 Å². The number of imide groups is 1. The van der Waals surface area contributed by atoms with Gasteiger partial charge in [0.1, 0.15) is 11.8 Å². The third kappa shape index (κ3) is 9.54. The van der Waals surface area contributed by atoms with Crippen molar-refractivity contribution in [3.05, 3.63) is 82.5 Å². The molecule has 0 bridgehead atoms. The number of hydrogen-bond acceptors (Lipinski definition) is 8. The third-order valence-corrected chi connectivity index (χ3v) is 11.5. The fraction of sp³-hybridized carbons (Fsp3) is 0.463. The van der Waals surface area contributed by atoms with Crippen LogP contribution >= 0.6 is 0 Å². The van der Waals surface area contributed by atoms with Crippen LogP contribution in [-0.2, 0) is 29.4 Å². The molecular weight excluding hydrogens is 754 g/mol. The van der Waals surface area contributed by atoms with E-state index in [0.29, 0.717) is 65.5 Å². The Hall–Kier alpha value is -5.12. The fourth-order valence-electron chi connectivity index (χ4n) is 8.38. The largest absolute Gasteiger partial charge is 0.573 e. The number of nitrogens with one attached hydrogen (secondary N) is 2. The molecule has 304 valence electrons. The van der Waals surface area contributed by atoms with Crippen LogP contribution in [0.25, 0.3) is 21.9 Å². The SMILES string of the molecule is Cn1cc(-c2ccc(CN3CCC(CCC4CCN(c5ccc(NC6CCC(=O)NC6=O)cc5C(F)(F)F)CC4)CC3)c(OC(F)(F)F)c2)c2ccncc2c1=O. The maximum atomic E-state index is 14.2. The van der Waals surface area contributed by atoms with Gasteiger partial charge < -0.3 is 19.5 Å². The number of aromatic nitrogens is 2. The standard InChI is InChI=1S/C41H44F6N6O4/c1-51-24-32(30-10-15-48-22-31(30)39(51)56)27-4-5-28(36(20-27)57-41(45,46)47)23-52-16-11-25(12-17-52)2-3-26-13-18-53(19-14-26)35-8-6-29(21-33(35)40(42,43)44)49-34-7-9-37(54)50-38(34)55/h4-6,8,10,15,20-22,24-26,34,49H,2-3,7,9,11-14,16-19,23H2,1H3,(H,50,54,55). The van der Waals surface area contributed by atoms with Crippen LogP contribution in [0, 0.1) is 11.8 Å². The first kappa shape index (κ1) is 40.1. The predicted molar refractivity (Wildman–Crippen MR) is 203 cm³/mol. The Morgan fingerprint density at radius 2 is 1.56 bits per heavy atom. The summed E-state index contributed by atoms with van der Waals surface area (Å²) in [5.74, 6) is -0.419. The number of ether oxygens (including phenoxy) is 1. The number of halogens is 6. The number of benzene rings is 2. The number of pyridine rings is 2. The quantitative estimate of drug-likeness (QED) is 0.125. The molecule has 57 heavy (non-hydrogen) atoms. The Morgan fingerprint density at radius 1 is 0.860 bits per heavy atom.